The van der Waals surface area contributed by atoms with Crippen LogP contribution >= 0.6 is 0 Å². The zero-order valence-electron chi connectivity index (χ0n) is 24.6. The van der Waals surface area contributed by atoms with Gasteiger partial charge in [-0.3, -0.25) is 4.79 Å². The van der Waals surface area contributed by atoms with E-state index in [4.69, 9.17) is 14.2 Å². The second-order valence-electron chi connectivity index (χ2n) is 15.3. The normalized spacial score (nSPS) is 47.5. The zero-order valence-corrected chi connectivity index (χ0v) is 24.6. The summed E-state index contributed by atoms with van der Waals surface area (Å²) in [6.45, 7) is 19.5. The fourth-order valence-corrected chi connectivity index (χ4v) is 10.8. The largest absolute Gasteiger partial charge is 0.462 e. The number of carbonyl (C=O) groups is 1. The molecule has 1 aliphatic heterocycles. The van der Waals surface area contributed by atoms with Gasteiger partial charge in [0.1, 0.15) is 6.10 Å². The molecule has 5 aliphatic rings. The van der Waals surface area contributed by atoms with Gasteiger partial charge in [-0.2, -0.15) is 0 Å². The van der Waals surface area contributed by atoms with Gasteiger partial charge in [-0.1, -0.05) is 60.6 Å². The van der Waals surface area contributed by atoms with Crippen molar-refractivity contribution in [1.82, 2.24) is 0 Å². The van der Waals surface area contributed by atoms with Crippen molar-refractivity contribution in [2.75, 3.05) is 6.61 Å². The monoisotopic (exact) mass is 526 g/mol. The zero-order chi connectivity index (χ0) is 27.8. The minimum absolute atomic E-state index is 0.0310. The molecule has 0 radical (unpaired) electrons. The molecule has 6 rings (SSSR count). The molecule has 4 aliphatic carbocycles. The molecule has 0 spiro atoms. The van der Waals surface area contributed by atoms with Gasteiger partial charge in [-0.05, 0) is 59.6 Å². The first-order chi connectivity index (χ1) is 17.5. The summed E-state index contributed by atoms with van der Waals surface area (Å²) in [5.74, 6) is -1.01. The number of carbonyl (C=O) groups excluding carboxylic acids is 1. The Labute approximate surface area is 227 Å². The van der Waals surface area contributed by atoms with Gasteiger partial charge in [0.15, 0.2) is 6.29 Å². The number of ether oxygens (including phenoxy) is 3. The van der Waals surface area contributed by atoms with Gasteiger partial charge in [0.25, 0.3) is 0 Å². The topological polar surface area (TPSA) is 85.2 Å². The van der Waals surface area contributed by atoms with Crippen molar-refractivity contribution in [3.05, 3.63) is 34.4 Å². The minimum Gasteiger partial charge on any atom is -0.462 e. The summed E-state index contributed by atoms with van der Waals surface area (Å²) >= 11 is 0. The van der Waals surface area contributed by atoms with Crippen molar-refractivity contribution in [2.45, 2.75) is 123 Å². The summed E-state index contributed by atoms with van der Waals surface area (Å²) in [5, 5.41) is 24.6. The van der Waals surface area contributed by atoms with Gasteiger partial charge in [-0.15, -0.1) is 0 Å². The Kier molecular flexibility index (Phi) is 5.51. The highest BCUT2D eigenvalue weighted by Gasteiger charge is 2.80. The summed E-state index contributed by atoms with van der Waals surface area (Å²) in [4.78, 5) is 12.1. The summed E-state index contributed by atoms with van der Waals surface area (Å²) in [6, 6.07) is 4.44. The van der Waals surface area contributed by atoms with Crippen LogP contribution in [0.15, 0.2) is 12.1 Å². The van der Waals surface area contributed by atoms with Crippen molar-refractivity contribution in [2.24, 2.45) is 28.6 Å². The third-order valence-corrected chi connectivity index (χ3v) is 11.5. The lowest BCUT2D eigenvalue weighted by Gasteiger charge is -2.52. The van der Waals surface area contributed by atoms with E-state index in [1.807, 2.05) is 0 Å². The fraction of sp³-hybridized carbons (Fsp3) is 0.781. The van der Waals surface area contributed by atoms with Gasteiger partial charge in [0.05, 0.1) is 24.4 Å². The van der Waals surface area contributed by atoms with E-state index >= 15 is 0 Å². The molecule has 0 amide bonds. The lowest BCUT2D eigenvalue weighted by molar-refractivity contribution is -0.234. The molecule has 3 saturated carbocycles. The second-order valence-corrected chi connectivity index (χ2v) is 15.3. The van der Waals surface area contributed by atoms with Gasteiger partial charge in [0.2, 0.25) is 0 Å². The van der Waals surface area contributed by atoms with Crippen LogP contribution in [-0.4, -0.2) is 46.7 Å². The first-order valence-electron chi connectivity index (χ1n) is 14.5. The summed E-state index contributed by atoms with van der Waals surface area (Å²) in [6.07, 6.45) is -0.142. The maximum atomic E-state index is 12.7. The van der Waals surface area contributed by atoms with Crippen molar-refractivity contribution in [1.29, 1.82) is 0 Å². The van der Waals surface area contributed by atoms with E-state index in [0.29, 0.717) is 19.4 Å². The molecule has 6 nitrogen and oxygen atoms in total. The second kappa shape index (κ2) is 7.84. The maximum absolute atomic E-state index is 12.7. The average Bonchev–Trinajstić information content (AvgIpc) is 3.15. The Balaban J connectivity index is 1.43. The van der Waals surface area contributed by atoms with Crippen molar-refractivity contribution in [3.8, 4) is 0 Å². The Bertz CT molecular complexity index is 1190. The van der Waals surface area contributed by atoms with Crippen LogP contribution in [0, 0.1) is 35.5 Å². The Morgan fingerprint density at radius 2 is 1.79 bits per heavy atom. The smallest absolute Gasteiger partial charge is 0.302 e. The number of benzene rings is 1. The van der Waals surface area contributed by atoms with Crippen LogP contribution in [-0.2, 0) is 29.8 Å². The maximum Gasteiger partial charge on any atom is 0.302 e. The number of hydrogen-bond donors (Lipinski definition) is 2. The average molecular weight is 527 g/mol. The van der Waals surface area contributed by atoms with E-state index in [-0.39, 0.29) is 46.1 Å². The summed E-state index contributed by atoms with van der Waals surface area (Å²) < 4.78 is 19.3. The Morgan fingerprint density at radius 3 is 2.45 bits per heavy atom. The van der Waals surface area contributed by atoms with E-state index < -0.39 is 29.5 Å². The van der Waals surface area contributed by atoms with E-state index in [9.17, 15) is 15.0 Å². The number of hydrogen-bond acceptors (Lipinski definition) is 6. The van der Waals surface area contributed by atoms with Crippen LogP contribution in [0.2, 0.25) is 0 Å². The number of esters is 1. The van der Waals surface area contributed by atoms with Crippen LogP contribution in [0.3, 0.4) is 0 Å². The molecule has 1 aromatic carbocycles. The van der Waals surface area contributed by atoms with E-state index in [1.165, 1.54) is 18.1 Å². The molecule has 6 heteroatoms. The highest BCUT2D eigenvalue weighted by atomic mass is 16.7. The molecule has 0 unspecified atom stereocenters. The van der Waals surface area contributed by atoms with E-state index in [1.54, 1.807) is 0 Å². The molecule has 2 N–H and O–H groups in total. The quantitative estimate of drug-likeness (QED) is 0.534. The summed E-state index contributed by atoms with van der Waals surface area (Å²) in [5.41, 5.74) is 2.67. The molecule has 210 valence electrons. The van der Waals surface area contributed by atoms with Crippen LogP contribution in [0.1, 0.15) is 103 Å². The molecule has 0 saturated heterocycles. The van der Waals surface area contributed by atoms with Gasteiger partial charge >= 0.3 is 5.97 Å². The van der Waals surface area contributed by atoms with Crippen LogP contribution in [0.25, 0.3) is 0 Å². The van der Waals surface area contributed by atoms with Crippen molar-refractivity contribution >= 4 is 5.97 Å². The molecule has 38 heavy (non-hydrogen) atoms. The van der Waals surface area contributed by atoms with Crippen LogP contribution in [0.4, 0.5) is 0 Å². The van der Waals surface area contributed by atoms with Gasteiger partial charge in [-0.25, -0.2) is 0 Å². The highest BCUT2D eigenvalue weighted by Crippen LogP contribution is 2.73. The van der Waals surface area contributed by atoms with Crippen molar-refractivity contribution < 1.29 is 29.2 Å². The number of aliphatic hydroxyl groups excluding tert-OH is 1. The fourth-order valence-electron chi connectivity index (χ4n) is 10.8. The molecule has 10 atom stereocenters. The standard InChI is InChI=1S/C32H46O6/c1-16-10-11-19-23-21(16)27(36-15-30(23,8)13-28(19,4)5)38-26-24(34)22-17(2)12-20(37-18(3)33)25-29(6,7)14-31(26,9)32(22,25)35/h10-11,17,20,22,24-27,34-35H,12-15H2,1-9H3/t17-,20+,22-,24-,25+,26+,27-,30-,31-,32-/m1/s1. The first kappa shape index (κ1) is 26.7. The lowest BCUT2D eigenvalue weighted by atomic mass is 9.58. The molecular weight excluding hydrogens is 480 g/mol. The number of rotatable bonds is 3. The molecule has 0 aromatic heterocycles. The first-order valence-corrected chi connectivity index (χ1v) is 14.5. The van der Waals surface area contributed by atoms with Gasteiger partial charge in [0, 0.05) is 35.2 Å². The molecular formula is C32H46O6. The van der Waals surface area contributed by atoms with Gasteiger partial charge < -0.3 is 24.4 Å². The van der Waals surface area contributed by atoms with E-state index in [0.717, 1.165) is 17.5 Å². The Morgan fingerprint density at radius 1 is 1.11 bits per heavy atom. The minimum atomic E-state index is -1.22. The Hall–Kier alpha value is -1.47. The third kappa shape index (κ3) is 3.18. The number of aliphatic hydroxyl groups is 2. The summed E-state index contributed by atoms with van der Waals surface area (Å²) in [7, 11) is 0. The number of aryl methyl sites for hydroxylation is 1. The molecule has 1 aromatic rings. The van der Waals surface area contributed by atoms with E-state index in [2.05, 4.69) is 67.5 Å². The third-order valence-electron chi connectivity index (χ3n) is 11.5. The van der Waals surface area contributed by atoms with Crippen LogP contribution in [0.5, 0.6) is 0 Å². The molecule has 3 fully saturated rings. The SMILES string of the molecule is CC(=O)O[C@H]1C[C@@H](C)[C@@H]2[C@@H](O)[C@H](O[C@H]3OC[C@@]4(C)CC(C)(C)c5ccc(C)c3c54)[C@@]3(C)CC(C)(C)[C@H]1[C@]23O. The predicted octanol–water partition coefficient (Wildman–Crippen LogP) is 5.09. The van der Waals surface area contributed by atoms with Crippen LogP contribution < -0.4 is 0 Å². The molecule has 0 bridgehead atoms. The predicted molar refractivity (Wildman–Crippen MR) is 144 cm³/mol. The highest BCUT2D eigenvalue weighted by molar-refractivity contribution is 5.66. The molecule has 1 heterocycles. The lowest BCUT2D eigenvalue weighted by Crippen LogP contribution is -2.60. The van der Waals surface area contributed by atoms with Crippen molar-refractivity contribution in [3.63, 3.8) is 0 Å².